The lowest BCUT2D eigenvalue weighted by Gasteiger charge is -2.02. The van der Waals surface area contributed by atoms with Gasteiger partial charge in [-0.2, -0.15) is 0 Å². The van der Waals surface area contributed by atoms with E-state index in [2.05, 4.69) is 4.74 Å². The molecular weight excluding hydrogens is 184 g/mol. The van der Waals surface area contributed by atoms with E-state index < -0.39 is 16.0 Å². The molecule has 0 saturated carbocycles. The molecule has 12 heavy (non-hydrogen) atoms. The zero-order valence-electron chi connectivity index (χ0n) is 6.74. The van der Waals surface area contributed by atoms with E-state index in [-0.39, 0.29) is 18.8 Å². The Labute approximate surface area is 71.1 Å². The maximum Gasteiger partial charge on any atom is 0.320 e. The van der Waals surface area contributed by atoms with E-state index in [0.29, 0.717) is 0 Å². The van der Waals surface area contributed by atoms with Gasteiger partial charge in [-0.15, -0.1) is 0 Å². The third kappa shape index (κ3) is 5.05. The molecule has 0 aromatic heterocycles. The molecule has 0 bridgehead atoms. The van der Waals surface area contributed by atoms with Crippen molar-refractivity contribution in [2.45, 2.75) is 0 Å². The van der Waals surface area contributed by atoms with Gasteiger partial charge in [0.1, 0.15) is 6.54 Å². The second kappa shape index (κ2) is 5.07. The Kier molecular flexibility index (Phi) is 4.79. The van der Waals surface area contributed by atoms with Gasteiger partial charge in [0, 0.05) is 6.54 Å². The molecule has 0 heterocycles. The summed E-state index contributed by atoms with van der Waals surface area (Å²) in [6, 6.07) is 0. The van der Waals surface area contributed by atoms with E-state index in [4.69, 9.17) is 5.73 Å². The van der Waals surface area contributed by atoms with Crippen molar-refractivity contribution in [2.24, 2.45) is 5.73 Å². The first-order chi connectivity index (χ1) is 5.52. The van der Waals surface area contributed by atoms with E-state index in [1.165, 1.54) is 7.11 Å². The monoisotopic (exact) mass is 196 g/mol. The van der Waals surface area contributed by atoms with Gasteiger partial charge in [-0.25, -0.2) is 13.1 Å². The minimum atomic E-state index is -3.41. The average Bonchev–Trinajstić information content (AvgIpc) is 2.00. The molecule has 72 valence electrons. The molecule has 3 N–H and O–H groups in total. The predicted octanol–water partition coefficient (Wildman–Crippen LogP) is -1.96. The molecule has 0 unspecified atom stereocenters. The fourth-order valence-electron chi connectivity index (χ4n) is 0.468. The number of hydrogen-bond acceptors (Lipinski definition) is 5. The number of carbonyl (C=O) groups excluding carboxylic acids is 1. The van der Waals surface area contributed by atoms with Crippen LogP contribution in [0.1, 0.15) is 0 Å². The van der Waals surface area contributed by atoms with Crippen LogP contribution in [0.25, 0.3) is 0 Å². The van der Waals surface area contributed by atoms with Crippen molar-refractivity contribution in [3.63, 3.8) is 0 Å². The van der Waals surface area contributed by atoms with Crippen molar-refractivity contribution in [2.75, 3.05) is 26.0 Å². The molecule has 0 fully saturated rings. The maximum absolute atomic E-state index is 10.9. The van der Waals surface area contributed by atoms with Gasteiger partial charge in [-0.1, -0.05) is 0 Å². The van der Waals surface area contributed by atoms with Crippen LogP contribution < -0.4 is 10.5 Å². The van der Waals surface area contributed by atoms with Crippen LogP contribution in [0.5, 0.6) is 0 Å². The van der Waals surface area contributed by atoms with Crippen LogP contribution in [0.4, 0.5) is 0 Å². The Morgan fingerprint density at radius 1 is 1.58 bits per heavy atom. The number of ether oxygens (including phenoxy) is 1. The highest BCUT2D eigenvalue weighted by atomic mass is 32.2. The Morgan fingerprint density at radius 3 is 2.58 bits per heavy atom. The summed E-state index contributed by atoms with van der Waals surface area (Å²) in [5.41, 5.74) is 5.02. The summed E-state index contributed by atoms with van der Waals surface area (Å²) in [6.07, 6.45) is 0. The number of sulfonamides is 1. The summed E-state index contributed by atoms with van der Waals surface area (Å²) in [5.74, 6) is -0.820. The van der Waals surface area contributed by atoms with Crippen LogP contribution in [0, 0.1) is 0 Å². The molecule has 0 aliphatic heterocycles. The van der Waals surface area contributed by atoms with Crippen LogP contribution >= 0.6 is 0 Å². The van der Waals surface area contributed by atoms with E-state index >= 15 is 0 Å². The molecule has 0 aromatic carbocycles. The van der Waals surface area contributed by atoms with Crippen LogP contribution in [-0.2, 0) is 19.6 Å². The Bertz CT molecular complexity index is 236. The van der Waals surface area contributed by atoms with Gasteiger partial charge < -0.3 is 10.5 Å². The summed E-state index contributed by atoms with van der Waals surface area (Å²) in [6.45, 7) is -0.324. The Hall–Kier alpha value is -0.660. The molecule has 0 atom stereocenters. The van der Waals surface area contributed by atoms with Crippen molar-refractivity contribution in [3.8, 4) is 0 Å². The summed E-state index contributed by atoms with van der Waals surface area (Å²) in [4.78, 5) is 10.5. The van der Waals surface area contributed by atoms with Crippen LogP contribution in [0.15, 0.2) is 0 Å². The number of methoxy groups -OCH3 is 1. The molecule has 0 aromatic rings. The minimum Gasteiger partial charge on any atom is -0.468 e. The van der Waals surface area contributed by atoms with Crippen molar-refractivity contribution >= 4 is 16.0 Å². The van der Waals surface area contributed by atoms with Crippen LogP contribution in [0.3, 0.4) is 0 Å². The van der Waals surface area contributed by atoms with Gasteiger partial charge in [0.25, 0.3) is 0 Å². The number of nitrogens with two attached hydrogens (primary N) is 1. The van der Waals surface area contributed by atoms with E-state index in [1.807, 2.05) is 4.72 Å². The highest BCUT2D eigenvalue weighted by Crippen LogP contribution is 1.81. The molecule has 0 rings (SSSR count). The summed E-state index contributed by atoms with van der Waals surface area (Å²) >= 11 is 0. The normalized spacial score (nSPS) is 11.2. The second-order valence-corrected chi connectivity index (χ2v) is 3.93. The Balaban J connectivity index is 3.84. The minimum absolute atomic E-state index is 0.0243. The van der Waals surface area contributed by atoms with E-state index in [0.717, 1.165) is 0 Å². The summed E-state index contributed by atoms with van der Waals surface area (Å²) in [5, 5.41) is 0. The standard InChI is InChI=1S/C5H12N2O4S/c1-11-5(8)4-7-12(9,10)3-2-6/h7H,2-4,6H2,1H3. The zero-order chi connectivity index (χ0) is 9.61. The predicted molar refractivity (Wildman–Crippen MR) is 42.9 cm³/mol. The number of nitrogens with one attached hydrogen (secondary N) is 1. The Morgan fingerprint density at radius 2 is 2.17 bits per heavy atom. The van der Waals surface area contributed by atoms with Gasteiger partial charge >= 0.3 is 5.97 Å². The average molecular weight is 196 g/mol. The first-order valence-electron chi connectivity index (χ1n) is 3.26. The fourth-order valence-corrected chi connectivity index (χ4v) is 1.26. The lowest BCUT2D eigenvalue weighted by Crippen LogP contribution is -2.34. The van der Waals surface area contributed by atoms with Crippen molar-refractivity contribution in [1.29, 1.82) is 0 Å². The van der Waals surface area contributed by atoms with Crippen molar-refractivity contribution in [1.82, 2.24) is 4.72 Å². The first kappa shape index (κ1) is 11.3. The highest BCUT2D eigenvalue weighted by molar-refractivity contribution is 7.89. The maximum atomic E-state index is 10.9. The van der Waals surface area contributed by atoms with Gasteiger partial charge in [-0.05, 0) is 0 Å². The number of esters is 1. The van der Waals surface area contributed by atoms with Crippen LogP contribution in [-0.4, -0.2) is 40.3 Å². The molecule has 0 spiro atoms. The summed E-state index contributed by atoms with van der Waals surface area (Å²) in [7, 11) is -2.23. The van der Waals surface area contributed by atoms with Gasteiger partial charge in [0.05, 0.1) is 12.9 Å². The fraction of sp³-hybridized carbons (Fsp3) is 0.800. The largest absolute Gasteiger partial charge is 0.468 e. The van der Waals surface area contributed by atoms with E-state index in [9.17, 15) is 13.2 Å². The lowest BCUT2D eigenvalue weighted by atomic mass is 10.7. The smallest absolute Gasteiger partial charge is 0.320 e. The molecular formula is C5H12N2O4S. The second-order valence-electron chi connectivity index (χ2n) is 2.00. The van der Waals surface area contributed by atoms with Crippen molar-refractivity contribution < 1.29 is 17.9 Å². The SMILES string of the molecule is COC(=O)CNS(=O)(=O)CCN. The molecule has 7 heteroatoms. The molecule has 0 saturated heterocycles. The number of carbonyl (C=O) groups is 1. The third-order valence-corrected chi connectivity index (χ3v) is 2.41. The number of hydrogen-bond donors (Lipinski definition) is 2. The molecule has 0 aliphatic carbocycles. The van der Waals surface area contributed by atoms with Crippen LogP contribution in [0.2, 0.25) is 0 Å². The number of rotatable bonds is 5. The zero-order valence-corrected chi connectivity index (χ0v) is 7.56. The van der Waals surface area contributed by atoms with Gasteiger partial charge in [-0.3, -0.25) is 4.79 Å². The molecule has 0 radical (unpaired) electrons. The highest BCUT2D eigenvalue weighted by Gasteiger charge is 2.10. The molecule has 6 nitrogen and oxygen atoms in total. The van der Waals surface area contributed by atoms with Crippen molar-refractivity contribution in [3.05, 3.63) is 0 Å². The topological polar surface area (TPSA) is 98.5 Å². The quantitative estimate of drug-likeness (QED) is 0.497. The van der Waals surface area contributed by atoms with Gasteiger partial charge in [0.2, 0.25) is 10.0 Å². The first-order valence-corrected chi connectivity index (χ1v) is 4.91. The van der Waals surface area contributed by atoms with E-state index in [1.54, 1.807) is 0 Å². The third-order valence-electron chi connectivity index (χ3n) is 1.05. The molecule has 0 amide bonds. The lowest BCUT2D eigenvalue weighted by molar-refractivity contribution is -0.139. The van der Waals surface area contributed by atoms with Gasteiger partial charge in [0.15, 0.2) is 0 Å². The molecule has 0 aliphatic rings. The summed E-state index contributed by atoms with van der Waals surface area (Å²) < 4.78 is 28.0.